The lowest BCUT2D eigenvalue weighted by molar-refractivity contribution is 0.0336. The highest BCUT2D eigenvalue weighted by Crippen LogP contribution is 2.17. The molecule has 1 aliphatic rings. The summed E-state index contributed by atoms with van der Waals surface area (Å²) in [5, 5.41) is 0. The van der Waals surface area contributed by atoms with Crippen LogP contribution in [0.2, 0.25) is 0 Å². The maximum atomic E-state index is 5.57. The number of hydrogen-bond donors (Lipinski definition) is 0. The molecule has 1 fully saturated rings. The summed E-state index contributed by atoms with van der Waals surface area (Å²) >= 11 is 3.49. The molecule has 1 heterocycles. The summed E-state index contributed by atoms with van der Waals surface area (Å²) in [4.78, 5) is 0.361. The summed E-state index contributed by atoms with van der Waals surface area (Å²) in [5.74, 6) is 0. The van der Waals surface area contributed by atoms with Crippen molar-refractivity contribution in [1.82, 2.24) is 0 Å². The normalized spacial score (nSPS) is 29.5. The second-order valence-corrected chi connectivity index (χ2v) is 3.99. The van der Waals surface area contributed by atoms with Gasteiger partial charge in [-0.3, -0.25) is 0 Å². The van der Waals surface area contributed by atoms with E-state index in [4.69, 9.17) is 14.2 Å². The van der Waals surface area contributed by atoms with Crippen LogP contribution < -0.4 is 0 Å². The Hall–Kier alpha value is 0.360. The summed E-state index contributed by atoms with van der Waals surface area (Å²) in [6.45, 7) is 2.99. The van der Waals surface area contributed by atoms with Gasteiger partial charge in [-0.05, 0) is 6.42 Å². The Balaban J connectivity index is 1.98. The van der Waals surface area contributed by atoms with Crippen molar-refractivity contribution in [3.63, 3.8) is 0 Å². The summed E-state index contributed by atoms with van der Waals surface area (Å²) in [6.07, 6.45) is 1.18. The minimum absolute atomic E-state index is 0.224. The van der Waals surface area contributed by atoms with Gasteiger partial charge < -0.3 is 14.2 Å². The molecule has 0 saturated carbocycles. The topological polar surface area (TPSA) is 27.7 Å². The van der Waals surface area contributed by atoms with Gasteiger partial charge in [-0.1, -0.05) is 15.9 Å². The van der Waals surface area contributed by atoms with Gasteiger partial charge in [0, 0.05) is 20.3 Å². The number of alkyl halides is 1. The van der Waals surface area contributed by atoms with Crippen LogP contribution in [0, 0.1) is 0 Å². The van der Waals surface area contributed by atoms with Gasteiger partial charge in [-0.15, -0.1) is 0 Å². The van der Waals surface area contributed by atoms with Crippen LogP contribution in [0.4, 0.5) is 0 Å². The molecular formula is C8H15BrO3. The SMILES string of the molecule is COCCCOC1COCC1Br. The van der Waals surface area contributed by atoms with Gasteiger partial charge in [0.1, 0.15) is 0 Å². The predicted molar refractivity (Wildman–Crippen MR) is 49.8 cm³/mol. The van der Waals surface area contributed by atoms with Crippen molar-refractivity contribution in [2.24, 2.45) is 0 Å². The maximum Gasteiger partial charge on any atom is 0.0955 e. The predicted octanol–water partition coefficient (Wildman–Crippen LogP) is 1.20. The third-order valence-electron chi connectivity index (χ3n) is 1.79. The largest absolute Gasteiger partial charge is 0.385 e. The zero-order valence-electron chi connectivity index (χ0n) is 7.29. The minimum Gasteiger partial charge on any atom is -0.385 e. The Labute approximate surface area is 81.5 Å². The lowest BCUT2D eigenvalue weighted by Crippen LogP contribution is -2.23. The Morgan fingerprint density at radius 3 is 2.83 bits per heavy atom. The molecule has 2 atom stereocenters. The van der Waals surface area contributed by atoms with Gasteiger partial charge in [0.2, 0.25) is 0 Å². The van der Waals surface area contributed by atoms with Gasteiger partial charge in [0.15, 0.2) is 0 Å². The van der Waals surface area contributed by atoms with E-state index in [2.05, 4.69) is 15.9 Å². The molecule has 0 aromatic carbocycles. The minimum atomic E-state index is 0.224. The average molecular weight is 239 g/mol. The lowest BCUT2D eigenvalue weighted by Gasteiger charge is -2.12. The standard InChI is InChI=1S/C8H15BrO3/c1-10-3-2-4-12-8-6-11-5-7(8)9/h7-8H,2-6H2,1H3. The van der Waals surface area contributed by atoms with E-state index >= 15 is 0 Å². The van der Waals surface area contributed by atoms with E-state index in [0.29, 0.717) is 11.4 Å². The van der Waals surface area contributed by atoms with Crippen LogP contribution >= 0.6 is 15.9 Å². The van der Waals surface area contributed by atoms with E-state index in [1.165, 1.54) is 0 Å². The van der Waals surface area contributed by atoms with Crippen LogP contribution in [-0.4, -0.2) is 44.5 Å². The van der Waals surface area contributed by atoms with Crippen molar-refractivity contribution < 1.29 is 14.2 Å². The van der Waals surface area contributed by atoms with Crippen molar-refractivity contribution in [3.8, 4) is 0 Å². The molecule has 0 bridgehead atoms. The molecule has 0 aromatic heterocycles. The molecule has 12 heavy (non-hydrogen) atoms. The highest BCUT2D eigenvalue weighted by atomic mass is 79.9. The Bertz CT molecular complexity index is 121. The van der Waals surface area contributed by atoms with Crippen LogP contribution in [0.1, 0.15) is 6.42 Å². The van der Waals surface area contributed by atoms with Gasteiger partial charge >= 0.3 is 0 Å². The molecular weight excluding hydrogens is 224 g/mol. The first-order valence-corrected chi connectivity index (χ1v) is 5.08. The third kappa shape index (κ3) is 3.39. The number of rotatable bonds is 5. The number of methoxy groups -OCH3 is 1. The Kier molecular flexibility index (Phi) is 5.14. The molecule has 1 rings (SSSR count). The zero-order valence-corrected chi connectivity index (χ0v) is 8.88. The third-order valence-corrected chi connectivity index (χ3v) is 2.64. The van der Waals surface area contributed by atoms with E-state index in [1.54, 1.807) is 7.11 Å². The van der Waals surface area contributed by atoms with Crippen LogP contribution in [0.5, 0.6) is 0 Å². The van der Waals surface area contributed by atoms with Crippen LogP contribution in [0.15, 0.2) is 0 Å². The number of ether oxygens (including phenoxy) is 3. The van der Waals surface area contributed by atoms with Crippen LogP contribution in [0.25, 0.3) is 0 Å². The molecule has 0 aliphatic carbocycles. The maximum absolute atomic E-state index is 5.57. The van der Waals surface area contributed by atoms with Crippen molar-refractivity contribution >= 4 is 15.9 Å². The highest BCUT2D eigenvalue weighted by molar-refractivity contribution is 9.09. The molecule has 0 spiro atoms. The molecule has 0 amide bonds. The van der Waals surface area contributed by atoms with E-state index in [1.807, 2.05) is 0 Å². The molecule has 72 valence electrons. The molecule has 4 heteroatoms. The molecule has 0 aromatic rings. The van der Waals surface area contributed by atoms with E-state index in [-0.39, 0.29) is 6.10 Å². The Morgan fingerprint density at radius 2 is 2.25 bits per heavy atom. The van der Waals surface area contributed by atoms with Gasteiger partial charge in [-0.25, -0.2) is 0 Å². The first-order valence-electron chi connectivity index (χ1n) is 4.17. The van der Waals surface area contributed by atoms with Crippen molar-refractivity contribution in [2.75, 3.05) is 33.5 Å². The summed E-state index contributed by atoms with van der Waals surface area (Å²) in [7, 11) is 1.70. The fourth-order valence-corrected chi connectivity index (χ4v) is 1.59. The van der Waals surface area contributed by atoms with Gasteiger partial charge in [0.05, 0.1) is 24.1 Å². The molecule has 2 unspecified atom stereocenters. The summed E-state index contributed by atoms with van der Waals surface area (Å²) < 4.78 is 15.7. The van der Waals surface area contributed by atoms with Crippen LogP contribution in [-0.2, 0) is 14.2 Å². The highest BCUT2D eigenvalue weighted by Gasteiger charge is 2.25. The summed E-state index contributed by atoms with van der Waals surface area (Å²) in [6, 6.07) is 0. The van der Waals surface area contributed by atoms with E-state index < -0.39 is 0 Å². The molecule has 3 nitrogen and oxygen atoms in total. The molecule has 1 saturated heterocycles. The monoisotopic (exact) mass is 238 g/mol. The Morgan fingerprint density at radius 1 is 1.42 bits per heavy atom. The van der Waals surface area contributed by atoms with Crippen molar-refractivity contribution in [2.45, 2.75) is 17.4 Å². The van der Waals surface area contributed by atoms with Crippen molar-refractivity contribution in [3.05, 3.63) is 0 Å². The second-order valence-electron chi connectivity index (χ2n) is 2.81. The van der Waals surface area contributed by atoms with Gasteiger partial charge in [-0.2, -0.15) is 0 Å². The molecule has 0 N–H and O–H groups in total. The van der Waals surface area contributed by atoms with E-state index in [0.717, 1.165) is 26.2 Å². The fraction of sp³-hybridized carbons (Fsp3) is 1.00. The smallest absolute Gasteiger partial charge is 0.0955 e. The van der Waals surface area contributed by atoms with E-state index in [9.17, 15) is 0 Å². The lowest BCUT2D eigenvalue weighted by atomic mass is 10.3. The van der Waals surface area contributed by atoms with Crippen molar-refractivity contribution in [1.29, 1.82) is 0 Å². The molecule has 0 radical (unpaired) electrons. The first kappa shape index (κ1) is 10.4. The number of hydrogen-bond acceptors (Lipinski definition) is 3. The molecule has 1 aliphatic heterocycles. The second kappa shape index (κ2) is 5.91. The van der Waals surface area contributed by atoms with Crippen LogP contribution in [0.3, 0.4) is 0 Å². The average Bonchev–Trinajstić information content (AvgIpc) is 2.46. The van der Waals surface area contributed by atoms with Gasteiger partial charge in [0.25, 0.3) is 0 Å². The zero-order chi connectivity index (χ0) is 8.81. The quantitative estimate of drug-likeness (QED) is 0.533. The first-order chi connectivity index (χ1) is 5.84. The summed E-state index contributed by atoms with van der Waals surface area (Å²) in [5.41, 5.74) is 0. The number of halogens is 1. The fourth-order valence-electron chi connectivity index (χ4n) is 1.10.